The highest BCUT2D eigenvalue weighted by Crippen LogP contribution is 2.46. The lowest BCUT2D eigenvalue weighted by atomic mass is 9.83. The summed E-state index contributed by atoms with van der Waals surface area (Å²) in [5.41, 5.74) is 8.06. The van der Waals surface area contributed by atoms with Crippen molar-refractivity contribution in [2.45, 2.75) is 5.92 Å². The molecule has 0 amide bonds. The average molecular weight is 315 g/mol. The third-order valence-electron chi connectivity index (χ3n) is 4.23. The van der Waals surface area contributed by atoms with Crippen LogP contribution in [0, 0.1) is 11.3 Å². The Bertz CT molecular complexity index is 1020. The third kappa shape index (κ3) is 1.97. The number of aromatic hydroxyl groups is 1. The molecule has 1 unspecified atom stereocenters. The van der Waals surface area contributed by atoms with Crippen molar-refractivity contribution in [3.8, 4) is 17.6 Å². The van der Waals surface area contributed by atoms with Crippen LogP contribution >= 0.6 is 0 Å². The fraction of sp³-hybridized carbons (Fsp3) is 0.0526. The first kappa shape index (κ1) is 14.1. The molecule has 3 aromatic rings. The second kappa shape index (κ2) is 5.28. The minimum atomic E-state index is -0.348. The van der Waals surface area contributed by atoms with Crippen molar-refractivity contribution in [1.82, 2.24) is 4.98 Å². The van der Waals surface area contributed by atoms with Crippen molar-refractivity contribution in [2.24, 2.45) is 5.73 Å². The molecule has 2 aromatic carbocycles. The maximum Gasteiger partial charge on any atom is 0.205 e. The molecule has 3 N–H and O–H groups in total. The van der Waals surface area contributed by atoms with E-state index in [-0.39, 0.29) is 17.6 Å². The van der Waals surface area contributed by atoms with Crippen LogP contribution < -0.4 is 10.5 Å². The van der Waals surface area contributed by atoms with E-state index in [1.807, 2.05) is 30.3 Å². The number of benzene rings is 2. The Balaban J connectivity index is 2.04. The van der Waals surface area contributed by atoms with Gasteiger partial charge >= 0.3 is 0 Å². The van der Waals surface area contributed by atoms with Crippen LogP contribution in [0.4, 0.5) is 0 Å². The Morgan fingerprint density at radius 1 is 1.12 bits per heavy atom. The number of nitrogens with two attached hydrogens (primary N) is 1. The lowest BCUT2D eigenvalue weighted by Crippen LogP contribution is -2.21. The number of phenolic OH excluding ortho intramolecular Hbond substituents is 1. The molecule has 1 atom stereocenters. The SMILES string of the molecule is N#CC1=C(N)Oc2c(ccc3c(O)cccc23)C1c1cccnc1. The molecule has 0 fully saturated rings. The monoisotopic (exact) mass is 315 g/mol. The van der Waals surface area contributed by atoms with E-state index in [0.29, 0.717) is 16.7 Å². The Hall–Kier alpha value is -3.52. The predicted octanol–water partition coefficient (Wildman–Crippen LogP) is 3.16. The van der Waals surface area contributed by atoms with Crippen LogP contribution in [0.1, 0.15) is 17.0 Å². The highest BCUT2D eigenvalue weighted by atomic mass is 16.5. The molecule has 4 rings (SSSR count). The Labute approximate surface area is 138 Å². The average Bonchev–Trinajstić information content (AvgIpc) is 2.61. The molecule has 0 bridgehead atoms. The molecular formula is C19H13N3O2. The molecule has 0 spiro atoms. The molecule has 1 aliphatic heterocycles. The van der Waals surface area contributed by atoms with Gasteiger partial charge in [-0.3, -0.25) is 4.98 Å². The summed E-state index contributed by atoms with van der Waals surface area (Å²) in [4.78, 5) is 4.15. The minimum Gasteiger partial charge on any atom is -0.507 e. The fourth-order valence-electron chi connectivity index (χ4n) is 3.15. The second-order valence-corrected chi connectivity index (χ2v) is 5.57. The lowest BCUT2D eigenvalue weighted by molar-refractivity contribution is 0.398. The van der Waals surface area contributed by atoms with Gasteiger partial charge in [-0.05, 0) is 17.7 Å². The van der Waals surface area contributed by atoms with Crippen molar-refractivity contribution in [2.75, 3.05) is 0 Å². The van der Waals surface area contributed by atoms with Crippen LogP contribution in [-0.2, 0) is 0 Å². The van der Waals surface area contributed by atoms with E-state index < -0.39 is 0 Å². The summed E-state index contributed by atoms with van der Waals surface area (Å²) in [5.74, 6) is 0.466. The first-order valence-corrected chi connectivity index (χ1v) is 7.43. The number of nitriles is 1. The zero-order valence-electron chi connectivity index (χ0n) is 12.6. The van der Waals surface area contributed by atoms with E-state index >= 15 is 0 Å². The van der Waals surface area contributed by atoms with Gasteiger partial charge in [0, 0.05) is 28.7 Å². The van der Waals surface area contributed by atoms with Crippen molar-refractivity contribution in [1.29, 1.82) is 5.26 Å². The molecule has 0 saturated carbocycles. The van der Waals surface area contributed by atoms with Crippen molar-refractivity contribution in [3.63, 3.8) is 0 Å². The summed E-state index contributed by atoms with van der Waals surface area (Å²) < 4.78 is 5.76. The van der Waals surface area contributed by atoms with Gasteiger partial charge < -0.3 is 15.6 Å². The lowest BCUT2D eigenvalue weighted by Gasteiger charge is -2.27. The van der Waals surface area contributed by atoms with Gasteiger partial charge in [-0.15, -0.1) is 0 Å². The summed E-state index contributed by atoms with van der Waals surface area (Å²) in [6.45, 7) is 0. The number of pyridine rings is 1. The van der Waals surface area contributed by atoms with Gasteiger partial charge in [-0.2, -0.15) is 5.26 Å². The van der Waals surface area contributed by atoms with E-state index in [1.54, 1.807) is 24.5 Å². The predicted molar refractivity (Wildman–Crippen MR) is 89.1 cm³/mol. The van der Waals surface area contributed by atoms with Gasteiger partial charge in [0.05, 0.1) is 5.92 Å². The summed E-state index contributed by atoms with van der Waals surface area (Å²) in [7, 11) is 0. The normalized spacial score (nSPS) is 16.4. The van der Waals surface area contributed by atoms with E-state index in [9.17, 15) is 10.4 Å². The van der Waals surface area contributed by atoms with Gasteiger partial charge in [0.15, 0.2) is 0 Å². The molecule has 0 radical (unpaired) electrons. The standard InChI is InChI=1S/C19H13N3O2/c20-9-15-17(11-3-2-8-22-10-11)14-7-6-12-13(4-1-5-16(12)23)18(14)24-19(15)21/h1-8,10,17,23H,21H2. The number of hydrogen-bond donors (Lipinski definition) is 2. The van der Waals surface area contributed by atoms with Crippen LogP contribution in [0.25, 0.3) is 10.8 Å². The van der Waals surface area contributed by atoms with Gasteiger partial charge in [0.25, 0.3) is 0 Å². The largest absolute Gasteiger partial charge is 0.507 e. The molecule has 5 nitrogen and oxygen atoms in total. The number of aromatic nitrogens is 1. The summed E-state index contributed by atoms with van der Waals surface area (Å²) in [6, 6.07) is 14.8. The van der Waals surface area contributed by atoms with E-state index in [2.05, 4.69) is 11.1 Å². The van der Waals surface area contributed by atoms with Crippen molar-refractivity contribution < 1.29 is 9.84 Å². The molecule has 2 heterocycles. The maximum atomic E-state index is 10.1. The summed E-state index contributed by atoms with van der Waals surface area (Å²) in [5, 5.41) is 21.0. The zero-order chi connectivity index (χ0) is 16.7. The van der Waals surface area contributed by atoms with E-state index in [0.717, 1.165) is 16.5 Å². The Morgan fingerprint density at radius 3 is 2.75 bits per heavy atom. The molecule has 1 aromatic heterocycles. The van der Waals surface area contributed by atoms with Gasteiger partial charge in [-0.1, -0.05) is 30.3 Å². The van der Waals surface area contributed by atoms with Gasteiger partial charge in [0.2, 0.25) is 5.88 Å². The third-order valence-corrected chi connectivity index (χ3v) is 4.23. The summed E-state index contributed by atoms with van der Waals surface area (Å²) in [6.07, 6.45) is 3.40. The number of allylic oxidation sites excluding steroid dienone is 1. The van der Waals surface area contributed by atoms with E-state index in [4.69, 9.17) is 10.5 Å². The summed E-state index contributed by atoms with van der Waals surface area (Å²) >= 11 is 0. The van der Waals surface area contributed by atoms with E-state index in [1.165, 1.54) is 0 Å². The number of phenols is 1. The number of hydrogen-bond acceptors (Lipinski definition) is 5. The van der Waals surface area contributed by atoms with Gasteiger partial charge in [-0.25, -0.2) is 0 Å². The molecule has 0 aliphatic carbocycles. The Kier molecular flexibility index (Phi) is 3.10. The number of ether oxygens (including phenoxy) is 1. The molecule has 0 saturated heterocycles. The van der Waals surface area contributed by atoms with Crippen molar-refractivity contribution in [3.05, 3.63) is 77.4 Å². The molecular weight excluding hydrogens is 302 g/mol. The first-order chi connectivity index (χ1) is 11.7. The van der Waals surface area contributed by atoms with Crippen LogP contribution in [-0.4, -0.2) is 10.1 Å². The van der Waals surface area contributed by atoms with Crippen LogP contribution in [0.5, 0.6) is 11.5 Å². The number of nitrogens with zero attached hydrogens (tertiary/aromatic N) is 2. The number of fused-ring (bicyclic) bond motifs is 3. The minimum absolute atomic E-state index is 0.0784. The molecule has 116 valence electrons. The van der Waals surface area contributed by atoms with Gasteiger partial charge in [0.1, 0.15) is 23.1 Å². The zero-order valence-corrected chi connectivity index (χ0v) is 12.6. The first-order valence-electron chi connectivity index (χ1n) is 7.43. The topological polar surface area (TPSA) is 92.2 Å². The maximum absolute atomic E-state index is 10.1. The van der Waals surface area contributed by atoms with Crippen LogP contribution in [0.3, 0.4) is 0 Å². The van der Waals surface area contributed by atoms with Crippen LogP contribution in [0.15, 0.2) is 66.3 Å². The fourth-order valence-corrected chi connectivity index (χ4v) is 3.15. The highest BCUT2D eigenvalue weighted by molar-refractivity contribution is 5.94. The smallest absolute Gasteiger partial charge is 0.205 e. The quantitative estimate of drug-likeness (QED) is 0.719. The highest BCUT2D eigenvalue weighted by Gasteiger charge is 2.31. The number of rotatable bonds is 1. The molecule has 5 heteroatoms. The Morgan fingerprint density at radius 2 is 2.00 bits per heavy atom. The molecule has 1 aliphatic rings. The second-order valence-electron chi connectivity index (χ2n) is 5.57. The molecule has 24 heavy (non-hydrogen) atoms. The van der Waals surface area contributed by atoms with Crippen LogP contribution in [0.2, 0.25) is 0 Å². The van der Waals surface area contributed by atoms with Crippen molar-refractivity contribution >= 4 is 10.8 Å².